The maximum absolute atomic E-state index is 13.2. The van der Waals surface area contributed by atoms with Gasteiger partial charge < -0.3 is 20.1 Å². The molecule has 134 valence electrons. The van der Waals surface area contributed by atoms with Crippen molar-refractivity contribution in [1.82, 2.24) is 10.6 Å². The number of halogens is 1. The second kappa shape index (κ2) is 8.92. The molecule has 0 spiro atoms. The van der Waals surface area contributed by atoms with Gasteiger partial charge in [-0.15, -0.1) is 0 Å². The van der Waals surface area contributed by atoms with Crippen LogP contribution in [0.15, 0.2) is 36.4 Å². The summed E-state index contributed by atoms with van der Waals surface area (Å²) in [5, 5.41) is 5.55. The van der Waals surface area contributed by atoms with Crippen molar-refractivity contribution in [2.45, 2.75) is 19.9 Å². The first-order valence-corrected chi connectivity index (χ1v) is 8.01. The molecule has 2 aromatic carbocycles. The van der Waals surface area contributed by atoms with Crippen LogP contribution in [0.25, 0.3) is 0 Å². The van der Waals surface area contributed by atoms with E-state index in [2.05, 4.69) is 10.6 Å². The second-order valence-corrected chi connectivity index (χ2v) is 5.63. The summed E-state index contributed by atoms with van der Waals surface area (Å²) in [6.45, 7) is 2.54. The van der Waals surface area contributed by atoms with Crippen LogP contribution in [0.5, 0.6) is 11.5 Å². The van der Waals surface area contributed by atoms with Gasteiger partial charge in [0, 0.05) is 13.1 Å². The highest BCUT2D eigenvalue weighted by molar-refractivity contribution is 5.73. The minimum Gasteiger partial charge on any atom is -0.493 e. The molecule has 6 heteroatoms. The van der Waals surface area contributed by atoms with E-state index in [0.717, 1.165) is 11.1 Å². The van der Waals surface area contributed by atoms with Crippen molar-refractivity contribution in [3.8, 4) is 11.5 Å². The summed E-state index contributed by atoms with van der Waals surface area (Å²) in [7, 11) is 3.18. The topological polar surface area (TPSA) is 59.6 Å². The zero-order valence-corrected chi connectivity index (χ0v) is 14.7. The summed E-state index contributed by atoms with van der Waals surface area (Å²) in [4.78, 5) is 11.8. The van der Waals surface area contributed by atoms with E-state index < -0.39 is 0 Å². The van der Waals surface area contributed by atoms with Crippen LogP contribution in [0.2, 0.25) is 0 Å². The average molecular weight is 346 g/mol. The minimum atomic E-state index is -0.262. The van der Waals surface area contributed by atoms with E-state index in [9.17, 15) is 9.18 Å². The van der Waals surface area contributed by atoms with Gasteiger partial charge >= 0.3 is 6.03 Å². The molecule has 0 saturated heterocycles. The van der Waals surface area contributed by atoms with Gasteiger partial charge in [-0.2, -0.15) is 0 Å². The third-order valence-electron chi connectivity index (χ3n) is 3.82. The first-order valence-electron chi connectivity index (χ1n) is 8.01. The molecule has 0 heterocycles. The number of rotatable bonds is 7. The molecule has 2 aromatic rings. The van der Waals surface area contributed by atoms with E-state index >= 15 is 0 Å². The van der Waals surface area contributed by atoms with Crippen molar-refractivity contribution < 1.29 is 18.7 Å². The lowest BCUT2D eigenvalue weighted by Gasteiger charge is -2.11. The highest BCUT2D eigenvalue weighted by atomic mass is 19.1. The normalized spacial score (nSPS) is 10.2. The Morgan fingerprint density at radius 3 is 2.40 bits per heavy atom. The number of hydrogen-bond acceptors (Lipinski definition) is 3. The predicted octanol–water partition coefficient (Wildman–Crippen LogP) is 3.19. The number of methoxy groups -OCH3 is 2. The quantitative estimate of drug-likeness (QED) is 0.809. The van der Waals surface area contributed by atoms with Gasteiger partial charge in [-0.1, -0.05) is 18.2 Å². The van der Waals surface area contributed by atoms with Gasteiger partial charge in [-0.25, -0.2) is 9.18 Å². The maximum atomic E-state index is 13.2. The van der Waals surface area contributed by atoms with Crippen molar-refractivity contribution in [3.05, 3.63) is 58.9 Å². The Balaban J connectivity index is 1.77. The third kappa shape index (κ3) is 5.38. The molecule has 25 heavy (non-hydrogen) atoms. The zero-order chi connectivity index (χ0) is 18.2. The first-order chi connectivity index (χ1) is 12.0. The van der Waals surface area contributed by atoms with Gasteiger partial charge in [0.15, 0.2) is 11.5 Å². The number of benzene rings is 2. The molecule has 0 aliphatic carbocycles. The molecule has 2 N–H and O–H groups in total. The fraction of sp³-hybridized carbons (Fsp3) is 0.316. The Kier molecular flexibility index (Phi) is 6.62. The van der Waals surface area contributed by atoms with Crippen molar-refractivity contribution in [1.29, 1.82) is 0 Å². The Hall–Kier alpha value is -2.76. The van der Waals surface area contributed by atoms with Gasteiger partial charge in [0.2, 0.25) is 0 Å². The molecule has 2 amide bonds. The van der Waals surface area contributed by atoms with E-state index in [4.69, 9.17) is 9.47 Å². The molecule has 0 bridgehead atoms. The van der Waals surface area contributed by atoms with Gasteiger partial charge in [-0.05, 0) is 48.2 Å². The number of aryl methyl sites for hydroxylation is 1. The number of hydrogen-bond donors (Lipinski definition) is 2. The van der Waals surface area contributed by atoms with Crippen molar-refractivity contribution in [2.24, 2.45) is 0 Å². The molecule has 0 aliphatic heterocycles. The fourth-order valence-electron chi connectivity index (χ4n) is 2.42. The van der Waals surface area contributed by atoms with Crippen LogP contribution in [0.3, 0.4) is 0 Å². The lowest BCUT2D eigenvalue weighted by atomic mass is 10.1. The smallest absolute Gasteiger partial charge is 0.315 e. The SMILES string of the molecule is COc1ccc(CCNC(=O)NCc2ccc(F)c(C)c2)cc1OC. The molecule has 0 atom stereocenters. The maximum Gasteiger partial charge on any atom is 0.315 e. The van der Waals surface area contributed by atoms with E-state index in [1.54, 1.807) is 33.3 Å². The highest BCUT2D eigenvalue weighted by Crippen LogP contribution is 2.27. The van der Waals surface area contributed by atoms with Crippen LogP contribution in [-0.2, 0) is 13.0 Å². The zero-order valence-electron chi connectivity index (χ0n) is 14.7. The highest BCUT2D eigenvalue weighted by Gasteiger charge is 2.06. The van der Waals surface area contributed by atoms with E-state index in [0.29, 0.717) is 36.6 Å². The Labute approximate surface area is 147 Å². The van der Waals surface area contributed by atoms with Gasteiger partial charge in [0.05, 0.1) is 14.2 Å². The predicted molar refractivity (Wildman–Crippen MR) is 94.6 cm³/mol. The number of amides is 2. The largest absolute Gasteiger partial charge is 0.493 e. The Morgan fingerprint density at radius 1 is 1.00 bits per heavy atom. The second-order valence-electron chi connectivity index (χ2n) is 5.63. The Bertz CT molecular complexity index is 735. The summed E-state index contributed by atoms with van der Waals surface area (Å²) < 4.78 is 23.7. The lowest BCUT2D eigenvalue weighted by molar-refractivity contribution is 0.240. The minimum absolute atomic E-state index is 0.247. The number of ether oxygens (including phenoxy) is 2. The van der Waals surface area contributed by atoms with Crippen LogP contribution < -0.4 is 20.1 Å². The molecule has 0 aromatic heterocycles. The number of urea groups is 1. The molecule has 0 unspecified atom stereocenters. The number of carbonyl (C=O) groups is 1. The fourth-order valence-corrected chi connectivity index (χ4v) is 2.42. The van der Waals surface area contributed by atoms with Crippen LogP contribution in [0, 0.1) is 12.7 Å². The molecule has 0 fully saturated rings. The number of nitrogens with one attached hydrogen (secondary N) is 2. The van der Waals surface area contributed by atoms with E-state index in [-0.39, 0.29) is 11.8 Å². The van der Waals surface area contributed by atoms with Crippen LogP contribution in [0.1, 0.15) is 16.7 Å². The summed E-state index contributed by atoms with van der Waals surface area (Å²) in [5.74, 6) is 1.09. The summed E-state index contributed by atoms with van der Waals surface area (Å²) >= 11 is 0. The molecule has 2 rings (SSSR count). The van der Waals surface area contributed by atoms with Crippen molar-refractivity contribution >= 4 is 6.03 Å². The lowest BCUT2D eigenvalue weighted by Crippen LogP contribution is -2.36. The first kappa shape index (κ1) is 18.6. The van der Waals surface area contributed by atoms with Crippen LogP contribution >= 0.6 is 0 Å². The summed E-state index contributed by atoms with van der Waals surface area (Å²) in [6.07, 6.45) is 0.670. The van der Waals surface area contributed by atoms with E-state index in [1.165, 1.54) is 6.07 Å². The van der Waals surface area contributed by atoms with Gasteiger partial charge in [-0.3, -0.25) is 0 Å². The van der Waals surface area contributed by atoms with E-state index in [1.807, 2.05) is 18.2 Å². The molecule has 0 radical (unpaired) electrons. The average Bonchev–Trinajstić information content (AvgIpc) is 2.62. The molecular formula is C19H23FN2O3. The van der Waals surface area contributed by atoms with Gasteiger partial charge in [0.1, 0.15) is 5.82 Å². The molecular weight excluding hydrogens is 323 g/mol. The summed E-state index contributed by atoms with van der Waals surface area (Å²) in [5.41, 5.74) is 2.45. The molecule has 5 nitrogen and oxygen atoms in total. The van der Waals surface area contributed by atoms with Crippen LogP contribution in [-0.4, -0.2) is 26.8 Å². The standard InChI is InChI=1S/C19H23FN2O3/c1-13-10-15(4-6-16(13)20)12-22-19(23)21-9-8-14-5-7-17(24-2)18(11-14)25-3/h4-7,10-11H,8-9,12H2,1-3H3,(H2,21,22,23). The van der Waals surface area contributed by atoms with Crippen molar-refractivity contribution in [3.63, 3.8) is 0 Å². The molecule has 0 saturated carbocycles. The monoisotopic (exact) mass is 346 g/mol. The number of carbonyl (C=O) groups excluding carboxylic acids is 1. The molecule has 0 aliphatic rings. The summed E-state index contributed by atoms with van der Waals surface area (Å²) in [6, 6.07) is 10.2. The van der Waals surface area contributed by atoms with Gasteiger partial charge in [0.25, 0.3) is 0 Å². The Morgan fingerprint density at radius 2 is 1.72 bits per heavy atom. The van der Waals surface area contributed by atoms with Crippen LogP contribution in [0.4, 0.5) is 9.18 Å². The third-order valence-corrected chi connectivity index (χ3v) is 3.82. The van der Waals surface area contributed by atoms with Crippen molar-refractivity contribution in [2.75, 3.05) is 20.8 Å².